The van der Waals surface area contributed by atoms with Crippen LogP contribution in [-0.4, -0.2) is 24.6 Å². The number of carbonyl (C=O) groups is 2. The van der Waals surface area contributed by atoms with Gasteiger partial charge < -0.3 is 9.47 Å². The fraction of sp³-hybridized carbons (Fsp3) is 0.571. The fourth-order valence-electron chi connectivity index (χ4n) is 1.82. The Hall–Kier alpha value is -1.58. The van der Waals surface area contributed by atoms with Crippen LogP contribution in [0.25, 0.3) is 0 Å². The minimum atomic E-state index is -1.02. The van der Waals surface area contributed by atoms with Crippen molar-refractivity contribution in [1.82, 2.24) is 0 Å². The molecular formula is C14H20O4. The summed E-state index contributed by atoms with van der Waals surface area (Å²) in [6, 6.07) is 0. The average Bonchev–Trinajstić information content (AvgIpc) is 2.26. The Kier molecular flexibility index (Phi) is 4.33. The van der Waals surface area contributed by atoms with Gasteiger partial charge in [-0.25, -0.2) is 0 Å². The highest BCUT2D eigenvalue weighted by atomic mass is 16.6. The predicted octanol–water partition coefficient (Wildman–Crippen LogP) is 2.39. The molecular weight excluding hydrogens is 232 g/mol. The number of rotatable bonds is 3. The van der Waals surface area contributed by atoms with Gasteiger partial charge in [0.15, 0.2) is 0 Å². The lowest BCUT2D eigenvalue weighted by Gasteiger charge is -2.27. The summed E-state index contributed by atoms with van der Waals surface area (Å²) < 4.78 is 10.0. The highest BCUT2D eigenvalue weighted by Crippen LogP contribution is 2.32. The van der Waals surface area contributed by atoms with Crippen molar-refractivity contribution in [3.63, 3.8) is 0 Å². The molecule has 0 unspecified atom stereocenters. The van der Waals surface area contributed by atoms with Gasteiger partial charge in [0.05, 0.1) is 13.5 Å². The van der Waals surface area contributed by atoms with E-state index in [2.05, 4.69) is 0 Å². The zero-order chi connectivity index (χ0) is 13.8. The Morgan fingerprint density at radius 2 is 1.78 bits per heavy atom. The van der Waals surface area contributed by atoms with Gasteiger partial charge in [0, 0.05) is 0 Å². The SMILES string of the molecule is COC(=O)C1(CC(=O)OC(C)(C)C)C=CCC=C1. The van der Waals surface area contributed by atoms with Crippen molar-refractivity contribution in [3.05, 3.63) is 24.3 Å². The van der Waals surface area contributed by atoms with Crippen molar-refractivity contribution in [2.24, 2.45) is 5.41 Å². The molecule has 18 heavy (non-hydrogen) atoms. The van der Waals surface area contributed by atoms with Crippen LogP contribution in [0.4, 0.5) is 0 Å². The number of methoxy groups -OCH3 is 1. The van der Waals surface area contributed by atoms with Crippen LogP contribution in [0, 0.1) is 5.41 Å². The molecule has 0 radical (unpaired) electrons. The molecule has 0 spiro atoms. The van der Waals surface area contributed by atoms with E-state index < -0.39 is 23.0 Å². The molecule has 100 valence electrons. The Labute approximate surface area is 108 Å². The molecule has 0 heterocycles. The summed E-state index contributed by atoms with van der Waals surface area (Å²) in [5, 5.41) is 0. The number of hydrogen-bond acceptors (Lipinski definition) is 4. The molecule has 0 saturated carbocycles. The molecule has 4 heteroatoms. The summed E-state index contributed by atoms with van der Waals surface area (Å²) in [7, 11) is 1.31. The third-order valence-corrected chi connectivity index (χ3v) is 2.52. The van der Waals surface area contributed by atoms with E-state index in [1.807, 2.05) is 12.2 Å². The standard InChI is InChI=1S/C14H20O4/c1-13(2,3)18-11(15)10-14(12(16)17-4)8-6-5-7-9-14/h6-9H,5,10H2,1-4H3. The number of ether oxygens (including phenoxy) is 2. The molecule has 0 aromatic heterocycles. The first-order valence-electron chi connectivity index (χ1n) is 5.95. The summed E-state index contributed by atoms with van der Waals surface area (Å²) in [4.78, 5) is 23.7. The van der Waals surface area contributed by atoms with Crippen molar-refractivity contribution in [2.75, 3.05) is 7.11 Å². The second kappa shape index (κ2) is 5.38. The summed E-state index contributed by atoms with van der Waals surface area (Å²) in [6.45, 7) is 5.38. The van der Waals surface area contributed by atoms with Crippen molar-refractivity contribution in [3.8, 4) is 0 Å². The topological polar surface area (TPSA) is 52.6 Å². The van der Waals surface area contributed by atoms with Gasteiger partial charge in [-0.15, -0.1) is 0 Å². The second-order valence-electron chi connectivity index (χ2n) is 5.34. The predicted molar refractivity (Wildman–Crippen MR) is 67.8 cm³/mol. The first kappa shape index (κ1) is 14.5. The number of allylic oxidation sites excluding steroid dienone is 2. The van der Waals surface area contributed by atoms with Gasteiger partial charge in [-0.1, -0.05) is 24.3 Å². The first-order chi connectivity index (χ1) is 8.29. The van der Waals surface area contributed by atoms with Crippen molar-refractivity contribution >= 4 is 11.9 Å². The zero-order valence-electron chi connectivity index (χ0n) is 11.4. The summed E-state index contributed by atoms with van der Waals surface area (Å²) in [5.74, 6) is -0.857. The van der Waals surface area contributed by atoms with E-state index in [-0.39, 0.29) is 6.42 Å². The van der Waals surface area contributed by atoms with Gasteiger partial charge in [0.1, 0.15) is 11.0 Å². The molecule has 4 nitrogen and oxygen atoms in total. The van der Waals surface area contributed by atoms with E-state index in [0.717, 1.165) is 6.42 Å². The molecule has 0 bridgehead atoms. The van der Waals surface area contributed by atoms with Crippen LogP contribution in [-0.2, 0) is 19.1 Å². The van der Waals surface area contributed by atoms with Crippen molar-refractivity contribution in [1.29, 1.82) is 0 Å². The molecule has 0 fully saturated rings. The Bertz CT molecular complexity index is 373. The largest absolute Gasteiger partial charge is 0.468 e. The third-order valence-electron chi connectivity index (χ3n) is 2.52. The van der Waals surface area contributed by atoms with Crippen molar-refractivity contribution in [2.45, 2.75) is 39.2 Å². The zero-order valence-corrected chi connectivity index (χ0v) is 11.4. The molecule has 0 aliphatic heterocycles. The van der Waals surface area contributed by atoms with Crippen molar-refractivity contribution < 1.29 is 19.1 Å². The molecule has 0 aromatic carbocycles. The van der Waals surface area contributed by atoms with E-state index >= 15 is 0 Å². The second-order valence-corrected chi connectivity index (χ2v) is 5.34. The molecule has 1 aliphatic rings. The van der Waals surface area contributed by atoms with Gasteiger partial charge in [-0.05, 0) is 27.2 Å². The quantitative estimate of drug-likeness (QED) is 0.571. The number of hydrogen-bond donors (Lipinski definition) is 0. The van der Waals surface area contributed by atoms with Crippen LogP contribution in [0.5, 0.6) is 0 Å². The van der Waals surface area contributed by atoms with E-state index in [1.165, 1.54) is 7.11 Å². The lowest BCUT2D eigenvalue weighted by molar-refractivity contribution is -0.162. The van der Waals surface area contributed by atoms with Gasteiger partial charge >= 0.3 is 11.9 Å². The highest BCUT2D eigenvalue weighted by molar-refractivity contribution is 5.87. The third kappa shape index (κ3) is 3.72. The van der Waals surface area contributed by atoms with Crippen LogP contribution in [0.15, 0.2) is 24.3 Å². The van der Waals surface area contributed by atoms with Crippen LogP contribution < -0.4 is 0 Å². The molecule has 0 amide bonds. The van der Waals surface area contributed by atoms with Gasteiger partial charge in [0.2, 0.25) is 0 Å². The molecule has 1 aliphatic carbocycles. The summed E-state index contributed by atoms with van der Waals surface area (Å²) in [6.07, 6.45) is 7.84. The van der Waals surface area contributed by atoms with E-state index in [1.54, 1.807) is 32.9 Å². The number of carbonyl (C=O) groups excluding carboxylic acids is 2. The van der Waals surface area contributed by atoms with Crippen LogP contribution in [0.3, 0.4) is 0 Å². The smallest absolute Gasteiger partial charge is 0.320 e. The summed E-state index contributed by atoms with van der Waals surface area (Å²) >= 11 is 0. The Morgan fingerprint density at radius 3 is 2.22 bits per heavy atom. The molecule has 0 N–H and O–H groups in total. The van der Waals surface area contributed by atoms with Gasteiger partial charge in [-0.3, -0.25) is 9.59 Å². The minimum absolute atomic E-state index is 0.0378. The Balaban J connectivity index is 2.84. The maximum Gasteiger partial charge on any atom is 0.320 e. The Morgan fingerprint density at radius 1 is 1.22 bits per heavy atom. The maximum absolute atomic E-state index is 11.9. The lowest BCUT2D eigenvalue weighted by atomic mass is 9.81. The van der Waals surface area contributed by atoms with E-state index in [0.29, 0.717) is 0 Å². The molecule has 0 atom stereocenters. The lowest BCUT2D eigenvalue weighted by Crippen LogP contribution is -2.35. The normalized spacial score (nSPS) is 17.3. The minimum Gasteiger partial charge on any atom is -0.468 e. The van der Waals surface area contributed by atoms with Gasteiger partial charge in [-0.2, -0.15) is 0 Å². The number of esters is 2. The van der Waals surface area contributed by atoms with Crippen LogP contribution in [0.2, 0.25) is 0 Å². The van der Waals surface area contributed by atoms with Crippen LogP contribution in [0.1, 0.15) is 33.6 Å². The van der Waals surface area contributed by atoms with E-state index in [9.17, 15) is 9.59 Å². The fourth-order valence-corrected chi connectivity index (χ4v) is 1.82. The first-order valence-corrected chi connectivity index (χ1v) is 5.95. The van der Waals surface area contributed by atoms with Crippen LogP contribution >= 0.6 is 0 Å². The summed E-state index contributed by atoms with van der Waals surface area (Å²) in [5.41, 5.74) is -1.58. The monoisotopic (exact) mass is 252 g/mol. The molecule has 0 aromatic rings. The van der Waals surface area contributed by atoms with Gasteiger partial charge in [0.25, 0.3) is 0 Å². The highest BCUT2D eigenvalue weighted by Gasteiger charge is 2.39. The average molecular weight is 252 g/mol. The van der Waals surface area contributed by atoms with E-state index in [4.69, 9.17) is 9.47 Å². The molecule has 0 saturated heterocycles. The molecule has 1 rings (SSSR count). The maximum atomic E-state index is 11.9.